The fourth-order valence-electron chi connectivity index (χ4n) is 3.13. The number of carbonyl (C=O) groups is 1. The molecule has 0 bridgehead atoms. The zero-order valence-electron chi connectivity index (χ0n) is 18.1. The molecule has 1 amide bonds. The summed E-state index contributed by atoms with van der Waals surface area (Å²) in [4.78, 5) is 12.3. The Hall–Kier alpha value is -0.0800. The molecule has 1 rings (SSSR count). The second-order valence-electron chi connectivity index (χ2n) is 7.81. The maximum absolute atomic E-state index is 12.3. The Morgan fingerprint density at radius 3 is 2.31 bits per heavy atom. The number of halogens is 3. The van der Waals surface area contributed by atoms with E-state index in [0.29, 0.717) is 6.42 Å². The van der Waals surface area contributed by atoms with Gasteiger partial charge in [-0.15, -0.1) is 0 Å². The average Bonchev–Trinajstić information content (AvgIpc) is 2.65. The number of amides is 1. The predicted octanol–water partition coefficient (Wildman–Crippen LogP) is 4.90. The van der Waals surface area contributed by atoms with Crippen LogP contribution < -0.4 is 5.32 Å². The molecule has 0 aromatic rings. The van der Waals surface area contributed by atoms with Crippen molar-refractivity contribution < 1.29 is 23.7 Å². The third-order valence-electron chi connectivity index (χ3n) is 5.39. The van der Waals surface area contributed by atoms with Crippen molar-refractivity contribution in [2.24, 2.45) is 0 Å². The first-order valence-corrected chi connectivity index (χ1v) is 11.0. The molecular formula is C20H34Cl3NO5. The number of hydrogen-bond acceptors (Lipinski definition) is 5. The first-order chi connectivity index (χ1) is 13.3. The first-order valence-electron chi connectivity index (χ1n) is 9.85. The third kappa shape index (κ3) is 7.53. The third-order valence-corrected chi connectivity index (χ3v) is 5.90. The summed E-state index contributed by atoms with van der Waals surface area (Å²) in [6.45, 7) is 7.82. The summed E-state index contributed by atoms with van der Waals surface area (Å²) < 4.78 is 20.9. The topological polar surface area (TPSA) is 66.0 Å². The van der Waals surface area contributed by atoms with Gasteiger partial charge < -0.3 is 24.3 Å². The number of unbranched alkanes of at least 4 members (excludes halogenated alkanes) is 3. The second-order valence-corrected chi connectivity index (χ2v) is 10.1. The highest BCUT2D eigenvalue weighted by Crippen LogP contribution is 2.37. The lowest BCUT2D eigenvalue weighted by Crippen LogP contribution is -2.62. The van der Waals surface area contributed by atoms with Crippen molar-refractivity contribution in [3.63, 3.8) is 0 Å². The van der Waals surface area contributed by atoms with Crippen LogP contribution in [-0.4, -0.2) is 53.7 Å². The molecule has 170 valence electrons. The maximum Gasteiger partial charge on any atom is 0.272 e. The number of rotatable bonds is 10. The lowest BCUT2D eigenvalue weighted by atomic mass is 9.92. The van der Waals surface area contributed by atoms with Gasteiger partial charge in [-0.3, -0.25) is 4.79 Å². The largest absolute Gasteiger partial charge is 0.349 e. The fourth-order valence-corrected chi connectivity index (χ4v) is 3.27. The molecule has 29 heavy (non-hydrogen) atoms. The van der Waals surface area contributed by atoms with E-state index in [1.165, 1.54) is 14.2 Å². The van der Waals surface area contributed by atoms with E-state index < -0.39 is 32.9 Å². The summed E-state index contributed by atoms with van der Waals surface area (Å²) in [6.07, 6.45) is 8.23. The van der Waals surface area contributed by atoms with Gasteiger partial charge in [0.05, 0.1) is 12.1 Å². The van der Waals surface area contributed by atoms with Crippen LogP contribution in [-0.2, 0) is 23.7 Å². The summed E-state index contributed by atoms with van der Waals surface area (Å²) in [5, 5.41) is 2.84. The van der Waals surface area contributed by atoms with Gasteiger partial charge in [-0.1, -0.05) is 79.6 Å². The van der Waals surface area contributed by atoms with Crippen LogP contribution >= 0.6 is 34.8 Å². The molecule has 4 atom stereocenters. The molecule has 9 heteroatoms. The van der Waals surface area contributed by atoms with E-state index in [2.05, 4.69) is 12.2 Å². The lowest BCUT2D eigenvalue weighted by Gasteiger charge is -2.48. The predicted molar refractivity (Wildman–Crippen MR) is 116 cm³/mol. The molecule has 0 saturated carbocycles. The lowest BCUT2D eigenvalue weighted by molar-refractivity contribution is -0.425. The number of hydrogen-bond donors (Lipinski definition) is 1. The van der Waals surface area contributed by atoms with Crippen LogP contribution in [0.1, 0.15) is 59.8 Å². The Balaban J connectivity index is 2.94. The number of ether oxygens (including phenoxy) is 4. The van der Waals surface area contributed by atoms with Gasteiger partial charge in [-0.2, -0.15) is 0 Å². The SMILES string of the molecule is CCCCCC[C@](C)(/C=C/[C@@H]1CO[C@@](C)(OC)[C@](C)(OC)O1)NC(=O)C(Cl)(Cl)Cl. The van der Waals surface area contributed by atoms with Crippen LogP contribution in [0.15, 0.2) is 12.2 Å². The minimum Gasteiger partial charge on any atom is -0.349 e. The second kappa shape index (κ2) is 11.0. The van der Waals surface area contributed by atoms with E-state index >= 15 is 0 Å². The Labute approximate surface area is 189 Å². The van der Waals surface area contributed by atoms with Gasteiger partial charge in [0.2, 0.25) is 11.6 Å². The highest BCUT2D eigenvalue weighted by molar-refractivity contribution is 6.76. The fraction of sp³-hybridized carbons (Fsp3) is 0.850. The van der Waals surface area contributed by atoms with Crippen LogP contribution in [0.5, 0.6) is 0 Å². The molecule has 0 spiro atoms. The normalized spacial score (nSPS) is 30.3. The number of nitrogens with one attached hydrogen (secondary N) is 1. The Morgan fingerprint density at radius 1 is 1.17 bits per heavy atom. The molecule has 0 aliphatic carbocycles. The molecule has 1 fully saturated rings. The van der Waals surface area contributed by atoms with Crippen molar-refractivity contribution in [3.05, 3.63) is 12.2 Å². The first kappa shape index (κ1) is 27.0. The molecule has 1 N–H and O–H groups in total. The monoisotopic (exact) mass is 473 g/mol. The Bertz CT molecular complexity index is 571. The minimum absolute atomic E-state index is 0.268. The van der Waals surface area contributed by atoms with Gasteiger partial charge in [0.15, 0.2) is 0 Å². The number of methoxy groups -OCH3 is 2. The zero-order valence-corrected chi connectivity index (χ0v) is 20.4. The summed E-state index contributed by atoms with van der Waals surface area (Å²) in [6, 6.07) is 0. The molecule has 0 radical (unpaired) electrons. The van der Waals surface area contributed by atoms with Gasteiger partial charge in [0.25, 0.3) is 9.70 Å². The smallest absolute Gasteiger partial charge is 0.272 e. The van der Waals surface area contributed by atoms with E-state index in [1.807, 2.05) is 19.1 Å². The van der Waals surface area contributed by atoms with E-state index in [1.54, 1.807) is 13.8 Å². The van der Waals surface area contributed by atoms with E-state index in [0.717, 1.165) is 25.7 Å². The van der Waals surface area contributed by atoms with Crippen LogP contribution in [0.2, 0.25) is 0 Å². The molecule has 0 aromatic carbocycles. The molecule has 1 aliphatic rings. The van der Waals surface area contributed by atoms with Gasteiger partial charge in [0.1, 0.15) is 6.10 Å². The van der Waals surface area contributed by atoms with Crippen LogP contribution in [0.25, 0.3) is 0 Å². The van der Waals surface area contributed by atoms with Crippen LogP contribution in [0.4, 0.5) is 0 Å². The van der Waals surface area contributed by atoms with Gasteiger partial charge >= 0.3 is 0 Å². The summed E-state index contributed by atoms with van der Waals surface area (Å²) >= 11 is 17.2. The van der Waals surface area contributed by atoms with E-state index in [-0.39, 0.29) is 6.61 Å². The van der Waals surface area contributed by atoms with Crippen LogP contribution in [0, 0.1) is 0 Å². The molecule has 1 saturated heterocycles. The Kier molecular flexibility index (Phi) is 10.2. The zero-order chi connectivity index (χ0) is 22.3. The van der Waals surface area contributed by atoms with Crippen molar-refractivity contribution in [2.75, 3.05) is 20.8 Å². The van der Waals surface area contributed by atoms with Gasteiger partial charge in [-0.05, 0) is 27.2 Å². The molecular weight excluding hydrogens is 441 g/mol. The van der Waals surface area contributed by atoms with Crippen molar-refractivity contribution in [2.45, 2.75) is 86.8 Å². The molecule has 6 nitrogen and oxygen atoms in total. The molecule has 1 aliphatic heterocycles. The average molecular weight is 475 g/mol. The van der Waals surface area contributed by atoms with Gasteiger partial charge in [0, 0.05) is 14.2 Å². The van der Waals surface area contributed by atoms with E-state index in [4.69, 9.17) is 53.8 Å². The van der Waals surface area contributed by atoms with Crippen molar-refractivity contribution in [1.82, 2.24) is 5.32 Å². The highest BCUT2D eigenvalue weighted by atomic mass is 35.6. The molecule has 0 unspecified atom stereocenters. The number of carbonyl (C=O) groups excluding carboxylic acids is 1. The molecule has 0 aromatic heterocycles. The molecule has 1 heterocycles. The minimum atomic E-state index is -2.03. The van der Waals surface area contributed by atoms with Crippen LogP contribution in [0.3, 0.4) is 0 Å². The van der Waals surface area contributed by atoms with Crippen molar-refractivity contribution in [1.29, 1.82) is 0 Å². The maximum atomic E-state index is 12.3. The van der Waals surface area contributed by atoms with Crippen molar-refractivity contribution in [3.8, 4) is 0 Å². The summed E-state index contributed by atoms with van der Waals surface area (Å²) in [5.74, 6) is -2.81. The summed E-state index contributed by atoms with van der Waals surface area (Å²) in [7, 11) is 3.07. The standard InChI is InChI=1S/C20H34Cl3NO5/c1-7-8-9-10-12-17(2,24-16(25)20(21,22)23)13-11-15-14-28-18(3,26-5)19(4,27-6)29-15/h11,13,15H,7-10,12,14H2,1-6H3,(H,24,25)/b13-11+/t15-,17-,18-,19-/m1/s1. The Morgan fingerprint density at radius 2 is 1.79 bits per heavy atom. The summed E-state index contributed by atoms with van der Waals surface area (Å²) in [5.41, 5.74) is -0.705. The van der Waals surface area contributed by atoms with Gasteiger partial charge in [-0.25, -0.2) is 0 Å². The highest BCUT2D eigenvalue weighted by Gasteiger charge is 2.53. The number of alkyl halides is 3. The quantitative estimate of drug-likeness (QED) is 0.277. The van der Waals surface area contributed by atoms with E-state index in [9.17, 15) is 4.79 Å². The van der Waals surface area contributed by atoms with Crippen molar-refractivity contribution >= 4 is 40.7 Å².